The lowest BCUT2D eigenvalue weighted by molar-refractivity contribution is -0.132. The zero-order valence-electron chi connectivity index (χ0n) is 15.3. The number of amides is 2. The molecular weight excluding hydrogens is 334 g/mol. The number of rotatable bonds is 8. The minimum absolute atomic E-state index is 0. The minimum atomic E-state index is -4.17. The second kappa shape index (κ2) is 8.77. The number of hydrogen-bond acceptors (Lipinski definition) is 4. The topological polar surface area (TPSA) is 140 Å². The summed E-state index contributed by atoms with van der Waals surface area (Å²) in [5, 5.41) is 2.69. The molecule has 1 rings (SSSR count). The average molecular weight is 367 g/mol. The van der Waals surface area contributed by atoms with Crippen molar-refractivity contribution in [1.82, 2.24) is 16.4 Å². The zero-order valence-corrected chi connectivity index (χ0v) is 16.1. The number of nitrogens with one attached hydrogen (secondary N) is 1. The lowest BCUT2D eigenvalue weighted by atomic mass is 9.95. The third-order valence-corrected chi connectivity index (χ3v) is 5.22. The lowest BCUT2D eigenvalue weighted by Crippen LogP contribution is -2.51. The van der Waals surface area contributed by atoms with E-state index in [4.69, 9.17) is 4.55 Å². The fraction of sp³-hybridized carbons (Fsp3) is 0.867. The maximum absolute atomic E-state index is 12.4. The Morgan fingerprint density at radius 1 is 1.42 bits per heavy atom. The minimum Gasteiger partial charge on any atom is -0.369 e. The van der Waals surface area contributed by atoms with Crippen molar-refractivity contribution in [2.24, 2.45) is 5.92 Å². The van der Waals surface area contributed by atoms with E-state index >= 15 is 0 Å². The van der Waals surface area contributed by atoms with Crippen LogP contribution in [0.4, 0.5) is 0 Å². The highest BCUT2D eigenvalue weighted by molar-refractivity contribution is 7.85. The number of likely N-dealkylation sites (tertiary alicyclic amines) is 1. The molecule has 9 heteroatoms. The van der Waals surface area contributed by atoms with Crippen LogP contribution >= 0.6 is 0 Å². The molecule has 1 saturated heterocycles. The van der Waals surface area contributed by atoms with Gasteiger partial charge in [-0.3, -0.25) is 14.1 Å². The summed E-state index contributed by atoms with van der Waals surface area (Å²) >= 11 is 0. The van der Waals surface area contributed by atoms with E-state index in [9.17, 15) is 18.0 Å². The Hall–Kier alpha value is -1.19. The molecule has 8 nitrogen and oxygen atoms in total. The molecule has 6 N–H and O–H groups in total. The van der Waals surface area contributed by atoms with Gasteiger partial charge in [0.1, 0.15) is 0 Å². The van der Waals surface area contributed by atoms with Crippen LogP contribution in [0.25, 0.3) is 0 Å². The summed E-state index contributed by atoms with van der Waals surface area (Å²) in [4.78, 5) is 26.0. The molecule has 2 amide bonds. The first-order valence-electron chi connectivity index (χ1n) is 8.02. The van der Waals surface area contributed by atoms with Crippen LogP contribution in [0.3, 0.4) is 0 Å². The highest BCUT2D eigenvalue weighted by Gasteiger charge is 2.32. The second-order valence-electron chi connectivity index (χ2n) is 6.98. The standard InChI is InChI=1S/C15H28N2O5S.H3N/c1-5-12(9-11(2)17-8-6-7-13(17)18)14(19)16-15(3,4)10-23(20,21)22;/h11-12H,5-10H2,1-4H3,(H,16,19)(H,20,21,22);1H3/p+1. The van der Waals surface area contributed by atoms with Crippen molar-refractivity contribution in [1.29, 1.82) is 0 Å². The van der Waals surface area contributed by atoms with Crippen LogP contribution < -0.4 is 11.5 Å². The van der Waals surface area contributed by atoms with Crippen LogP contribution in [0.2, 0.25) is 0 Å². The average Bonchev–Trinajstić information content (AvgIpc) is 2.78. The summed E-state index contributed by atoms with van der Waals surface area (Å²) in [6, 6.07) is -0.0228. The maximum Gasteiger partial charge on any atom is 0.267 e. The van der Waals surface area contributed by atoms with Crippen LogP contribution in [0.5, 0.6) is 0 Å². The van der Waals surface area contributed by atoms with E-state index in [1.165, 1.54) is 0 Å². The summed E-state index contributed by atoms with van der Waals surface area (Å²) in [7, 11) is -4.17. The van der Waals surface area contributed by atoms with Gasteiger partial charge in [0, 0.05) is 24.9 Å². The molecule has 0 bridgehead atoms. The summed E-state index contributed by atoms with van der Waals surface area (Å²) in [5.74, 6) is -0.972. The van der Waals surface area contributed by atoms with Crippen molar-refractivity contribution in [3.8, 4) is 0 Å². The highest BCUT2D eigenvalue weighted by Crippen LogP contribution is 2.21. The van der Waals surface area contributed by atoms with Crippen molar-refractivity contribution >= 4 is 21.9 Å². The van der Waals surface area contributed by atoms with Gasteiger partial charge in [0.05, 0.1) is 11.3 Å². The van der Waals surface area contributed by atoms with E-state index in [2.05, 4.69) is 5.32 Å². The largest absolute Gasteiger partial charge is 0.369 e. The van der Waals surface area contributed by atoms with Gasteiger partial charge in [0.25, 0.3) is 10.1 Å². The molecule has 1 aliphatic rings. The van der Waals surface area contributed by atoms with Gasteiger partial charge in [-0.1, -0.05) is 6.92 Å². The number of hydrogen-bond donors (Lipinski definition) is 3. The predicted molar refractivity (Wildman–Crippen MR) is 93.4 cm³/mol. The van der Waals surface area contributed by atoms with Crippen LogP contribution in [0.1, 0.15) is 53.4 Å². The van der Waals surface area contributed by atoms with E-state index in [1.807, 2.05) is 13.8 Å². The van der Waals surface area contributed by atoms with Crippen molar-refractivity contribution in [3.05, 3.63) is 0 Å². The van der Waals surface area contributed by atoms with Gasteiger partial charge in [0.15, 0.2) is 0 Å². The Morgan fingerprint density at radius 3 is 2.42 bits per heavy atom. The first kappa shape index (κ1) is 22.8. The van der Waals surface area contributed by atoms with Crippen LogP contribution in [0, 0.1) is 5.92 Å². The molecule has 2 unspecified atom stereocenters. The molecule has 2 atom stereocenters. The first-order chi connectivity index (χ1) is 10.4. The first-order valence-corrected chi connectivity index (χ1v) is 9.63. The van der Waals surface area contributed by atoms with Gasteiger partial charge in [-0.05, 0) is 40.0 Å². The van der Waals surface area contributed by atoms with E-state index in [-0.39, 0.29) is 29.9 Å². The van der Waals surface area contributed by atoms with E-state index < -0.39 is 21.4 Å². The number of carbonyl (C=O) groups excluding carboxylic acids is 2. The molecule has 0 aromatic heterocycles. The highest BCUT2D eigenvalue weighted by atomic mass is 32.2. The summed E-state index contributed by atoms with van der Waals surface area (Å²) in [6.45, 7) is 7.66. The summed E-state index contributed by atoms with van der Waals surface area (Å²) in [5.41, 5.74) is -1.05. The molecule has 24 heavy (non-hydrogen) atoms. The van der Waals surface area contributed by atoms with Crippen molar-refractivity contribution in [2.75, 3.05) is 12.3 Å². The molecule has 0 radical (unpaired) electrons. The summed E-state index contributed by atoms with van der Waals surface area (Å²) < 4.78 is 31.0. The Kier molecular flexibility index (Phi) is 8.34. The molecule has 1 heterocycles. The molecule has 0 saturated carbocycles. The molecule has 1 aliphatic heterocycles. The van der Waals surface area contributed by atoms with Crippen LogP contribution in [-0.4, -0.2) is 53.6 Å². The molecule has 1 fully saturated rings. The van der Waals surface area contributed by atoms with Gasteiger partial charge in [-0.15, -0.1) is 0 Å². The monoisotopic (exact) mass is 366 g/mol. The fourth-order valence-electron chi connectivity index (χ4n) is 3.06. The third-order valence-electron chi connectivity index (χ3n) is 4.14. The Morgan fingerprint density at radius 2 is 2.00 bits per heavy atom. The van der Waals surface area contributed by atoms with E-state index in [0.717, 1.165) is 13.0 Å². The number of quaternary nitrogens is 1. The lowest BCUT2D eigenvalue weighted by Gasteiger charge is -2.30. The SMILES string of the molecule is CCC(CC(C)N1CCCC1=O)C(=O)NC(C)(C)CS(=O)(=O)O.[NH4+]. The van der Waals surface area contributed by atoms with Gasteiger partial charge >= 0.3 is 0 Å². The molecule has 0 aromatic rings. The van der Waals surface area contributed by atoms with Gasteiger partial charge < -0.3 is 16.4 Å². The Bertz CT molecular complexity index is 547. The van der Waals surface area contributed by atoms with Crippen molar-refractivity contribution in [3.63, 3.8) is 0 Å². The van der Waals surface area contributed by atoms with Crippen LogP contribution in [0.15, 0.2) is 0 Å². The Balaban J connectivity index is 0.00000529. The van der Waals surface area contributed by atoms with Crippen LogP contribution in [-0.2, 0) is 19.7 Å². The zero-order chi connectivity index (χ0) is 17.8. The van der Waals surface area contributed by atoms with Crippen molar-refractivity contribution in [2.45, 2.75) is 65.0 Å². The smallest absolute Gasteiger partial charge is 0.267 e. The Labute approximate surface area is 144 Å². The molecular formula is C15H32N3O5S+. The van der Waals surface area contributed by atoms with Crippen molar-refractivity contribution < 1.29 is 22.6 Å². The molecule has 0 aliphatic carbocycles. The predicted octanol–water partition coefficient (Wildman–Crippen LogP) is 1.57. The second-order valence-corrected chi connectivity index (χ2v) is 8.43. The van der Waals surface area contributed by atoms with Gasteiger partial charge in [-0.25, -0.2) is 0 Å². The summed E-state index contributed by atoms with van der Waals surface area (Å²) in [6.07, 6.45) is 2.55. The third kappa shape index (κ3) is 7.14. The number of carbonyl (C=O) groups is 2. The molecule has 142 valence electrons. The molecule has 0 spiro atoms. The number of nitrogens with zero attached hydrogens (tertiary/aromatic N) is 1. The van der Waals surface area contributed by atoms with Gasteiger partial charge in [-0.2, -0.15) is 8.42 Å². The quantitative estimate of drug-likeness (QED) is 0.559. The normalized spacial score (nSPS) is 18.0. The van der Waals surface area contributed by atoms with E-state index in [0.29, 0.717) is 19.3 Å². The maximum atomic E-state index is 12.4. The fourth-order valence-corrected chi connectivity index (χ4v) is 4.05. The molecule has 0 aromatic carbocycles. The van der Waals surface area contributed by atoms with E-state index in [1.54, 1.807) is 18.7 Å². The van der Waals surface area contributed by atoms with Gasteiger partial charge in [0.2, 0.25) is 11.8 Å².